The Morgan fingerprint density at radius 3 is 2.91 bits per heavy atom. The molecule has 4 N–H and O–H groups in total. The van der Waals surface area contributed by atoms with Crippen LogP contribution < -0.4 is 21.5 Å². The zero-order valence-corrected chi connectivity index (χ0v) is 12.8. The molecule has 1 aliphatic heterocycles. The Labute approximate surface area is 133 Å². The summed E-state index contributed by atoms with van der Waals surface area (Å²) in [7, 11) is 0. The third kappa shape index (κ3) is 4.07. The summed E-state index contributed by atoms with van der Waals surface area (Å²) in [5, 5.41) is 3.46. The molecule has 0 bridgehead atoms. The summed E-state index contributed by atoms with van der Waals surface area (Å²) in [5.41, 5.74) is 6.37. The molecule has 1 unspecified atom stereocenters. The number of aromatic nitrogens is 2. The maximum Gasteiger partial charge on any atom is 0.252 e. The Kier molecular flexibility index (Phi) is 4.57. The van der Waals surface area contributed by atoms with Gasteiger partial charge in [-0.15, -0.1) is 0 Å². The van der Waals surface area contributed by atoms with Crippen molar-refractivity contribution in [1.82, 2.24) is 15.3 Å². The number of halogens is 1. The molecule has 23 heavy (non-hydrogen) atoms. The molecule has 3 rings (SSSR count). The van der Waals surface area contributed by atoms with E-state index in [1.807, 2.05) is 0 Å². The quantitative estimate of drug-likeness (QED) is 0.763. The van der Waals surface area contributed by atoms with Crippen molar-refractivity contribution in [3.05, 3.63) is 52.3 Å². The predicted molar refractivity (Wildman–Crippen MR) is 88.0 cm³/mol. The third-order valence-electron chi connectivity index (χ3n) is 3.99. The van der Waals surface area contributed by atoms with E-state index >= 15 is 0 Å². The van der Waals surface area contributed by atoms with Crippen LogP contribution in [0.4, 0.5) is 15.9 Å². The molecule has 0 saturated carbocycles. The topological polar surface area (TPSA) is 87.0 Å². The van der Waals surface area contributed by atoms with E-state index in [1.54, 1.807) is 12.1 Å². The van der Waals surface area contributed by atoms with E-state index in [0.29, 0.717) is 24.8 Å². The van der Waals surface area contributed by atoms with Gasteiger partial charge in [-0.25, -0.2) is 9.37 Å². The number of benzene rings is 1. The molecule has 2 aromatic rings. The zero-order valence-electron chi connectivity index (χ0n) is 12.8. The molecule has 2 heterocycles. The smallest absolute Gasteiger partial charge is 0.252 e. The lowest BCUT2D eigenvalue weighted by atomic mass is 10.2. The average Bonchev–Trinajstić information content (AvgIpc) is 2.96. The van der Waals surface area contributed by atoms with Crippen LogP contribution in [0.2, 0.25) is 0 Å². The van der Waals surface area contributed by atoms with Crippen LogP contribution in [0.1, 0.15) is 12.2 Å². The summed E-state index contributed by atoms with van der Waals surface area (Å²) in [6.45, 7) is 2.54. The van der Waals surface area contributed by atoms with Gasteiger partial charge < -0.3 is 20.9 Å². The molecule has 1 aromatic carbocycles. The maximum atomic E-state index is 13.0. The van der Waals surface area contributed by atoms with Crippen molar-refractivity contribution < 1.29 is 4.39 Å². The molecule has 0 aliphatic carbocycles. The lowest BCUT2D eigenvalue weighted by molar-refractivity contribution is 0.549. The first-order valence-electron chi connectivity index (χ1n) is 7.70. The van der Waals surface area contributed by atoms with Gasteiger partial charge >= 0.3 is 0 Å². The highest BCUT2D eigenvalue weighted by atomic mass is 19.1. The number of hydrogen-bond acceptors (Lipinski definition) is 5. The minimum atomic E-state index is -0.226. The van der Waals surface area contributed by atoms with Gasteiger partial charge in [0.25, 0.3) is 5.56 Å². The minimum absolute atomic E-state index is 0.216. The zero-order chi connectivity index (χ0) is 16.2. The van der Waals surface area contributed by atoms with E-state index in [9.17, 15) is 9.18 Å². The van der Waals surface area contributed by atoms with E-state index in [2.05, 4.69) is 20.2 Å². The largest absolute Gasteiger partial charge is 0.383 e. The number of rotatable bonds is 5. The Hall–Kier alpha value is -2.41. The molecule has 6 nitrogen and oxygen atoms in total. The molecule has 0 radical (unpaired) electrons. The van der Waals surface area contributed by atoms with Gasteiger partial charge in [0.2, 0.25) is 0 Å². The van der Waals surface area contributed by atoms with Crippen LogP contribution in [0.25, 0.3) is 0 Å². The molecule has 1 fully saturated rings. The molecule has 122 valence electrons. The van der Waals surface area contributed by atoms with Crippen LogP contribution in [0, 0.1) is 5.82 Å². The summed E-state index contributed by atoms with van der Waals surface area (Å²) < 4.78 is 13.0. The molecule has 1 aliphatic rings. The van der Waals surface area contributed by atoms with Gasteiger partial charge in [-0.05, 0) is 30.7 Å². The molecule has 1 saturated heterocycles. The first kappa shape index (κ1) is 15.5. The highest BCUT2D eigenvalue weighted by Gasteiger charge is 2.22. The SMILES string of the molecule is Nc1cc(=O)[nH]c(CCNC2CCN(c3ccc(F)cc3)C2)n1. The Morgan fingerprint density at radius 2 is 2.17 bits per heavy atom. The maximum absolute atomic E-state index is 13.0. The number of H-pyrrole nitrogens is 1. The third-order valence-corrected chi connectivity index (χ3v) is 3.99. The van der Waals surface area contributed by atoms with Gasteiger partial charge in [0, 0.05) is 43.9 Å². The molecular weight excluding hydrogens is 297 g/mol. The molecule has 7 heteroatoms. The number of anilines is 2. The van der Waals surface area contributed by atoms with Crippen molar-refractivity contribution in [2.24, 2.45) is 0 Å². The molecule has 0 amide bonds. The van der Waals surface area contributed by atoms with Gasteiger partial charge in [-0.2, -0.15) is 0 Å². The lowest BCUT2D eigenvalue weighted by Crippen LogP contribution is -2.34. The van der Waals surface area contributed by atoms with Crippen LogP contribution in [-0.2, 0) is 6.42 Å². The number of nitrogens with two attached hydrogens (primary N) is 1. The second-order valence-corrected chi connectivity index (χ2v) is 5.73. The number of hydrogen-bond donors (Lipinski definition) is 3. The second kappa shape index (κ2) is 6.78. The van der Waals surface area contributed by atoms with Crippen molar-refractivity contribution >= 4 is 11.5 Å². The minimum Gasteiger partial charge on any atom is -0.383 e. The van der Waals surface area contributed by atoms with Crippen LogP contribution in [0.5, 0.6) is 0 Å². The van der Waals surface area contributed by atoms with E-state index in [4.69, 9.17) is 5.73 Å². The van der Waals surface area contributed by atoms with Gasteiger partial charge in [0.1, 0.15) is 17.5 Å². The van der Waals surface area contributed by atoms with E-state index in [1.165, 1.54) is 18.2 Å². The van der Waals surface area contributed by atoms with Crippen molar-refractivity contribution in [2.75, 3.05) is 30.3 Å². The van der Waals surface area contributed by atoms with E-state index in [0.717, 1.165) is 25.2 Å². The average molecular weight is 317 g/mol. The van der Waals surface area contributed by atoms with Crippen molar-refractivity contribution in [2.45, 2.75) is 18.9 Å². The van der Waals surface area contributed by atoms with Gasteiger partial charge in [0.15, 0.2) is 0 Å². The van der Waals surface area contributed by atoms with Crippen LogP contribution in [0.3, 0.4) is 0 Å². The summed E-state index contributed by atoms with van der Waals surface area (Å²) in [4.78, 5) is 20.3. The van der Waals surface area contributed by atoms with E-state index in [-0.39, 0.29) is 17.2 Å². The summed E-state index contributed by atoms with van der Waals surface area (Å²) >= 11 is 0. The van der Waals surface area contributed by atoms with Gasteiger partial charge in [-0.1, -0.05) is 0 Å². The molecular formula is C16H20FN5O. The fraction of sp³-hybridized carbons (Fsp3) is 0.375. The fourth-order valence-electron chi connectivity index (χ4n) is 2.86. The molecule has 1 atom stereocenters. The molecule has 0 spiro atoms. The predicted octanol–water partition coefficient (Wildman–Crippen LogP) is 0.902. The summed E-state index contributed by atoms with van der Waals surface area (Å²) in [6, 6.07) is 8.22. The fourth-order valence-corrected chi connectivity index (χ4v) is 2.86. The monoisotopic (exact) mass is 317 g/mol. The second-order valence-electron chi connectivity index (χ2n) is 5.73. The Morgan fingerprint density at radius 1 is 1.39 bits per heavy atom. The normalized spacial score (nSPS) is 17.6. The number of nitrogens with one attached hydrogen (secondary N) is 2. The van der Waals surface area contributed by atoms with Crippen LogP contribution in [-0.4, -0.2) is 35.6 Å². The molecule has 1 aromatic heterocycles. The number of aromatic amines is 1. The van der Waals surface area contributed by atoms with Crippen molar-refractivity contribution in [3.63, 3.8) is 0 Å². The first-order chi connectivity index (χ1) is 11.1. The Bertz CT molecular complexity index is 715. The highest BCUT2D eigenvalue weighted by molar-refractivity contribution is 5.47. The van der Waals surface area contributed by atoms with Crippen molar-refractivity contribution in [3.8, 4) is 0 Å². The van der Waals surface area contributed by atoms with Crippen LogP contribution >= 0.6 is 0 Å². The van der Waals surface area contributed by atoms with Crippen LogP contribution in [0.15, 0.2) is 35.1 Å². The van der Waals surface area contributed by atoms with Gasteiger partial charge in [-0.3, -0.25) is 4.79 Å². The standard InChI is InChI=1S/C16H20FN5O/c17-11-1-3-13(4-2-11)22-8-6-12(10-22)19-7-5-15-20-14(18)9-16(23)21-15/h1-4,9,12,19H,5-8,10H2,(H3,18,20,21,23). The Balaban J connectivity index is 1.48. The summed E-state index contributed by atoms with van der Waals surface area (Å²) in [5.74, 6) is 0.620. The first-order valence-corrected chi connectivity index (χ1v) is 7.70. The summed E-state index contributed by atoms with van der Waals surface area (Å²) in [6.07, 6.45) is 1.64. The van der Waals surface area contributed by atoms with Gasteiger partial charge in [0.05, 0.1) is 0 Å². The van der Waals surface area contributed by atoms with Crippen molar-refractivity contribution in [1.29, 1.82) is 0 Å². The number of nitrogens with zero attached hydrogens (tertiary/aromatic N) is 2. The lowest BCUT2D eigenvalue weighted by Gasteiger charge is -2.19. The number of nitrogen functional groups attached to an aromatic ring is 1. The highest BCUT2D eigenvalue weighted by Crippen LogP contribution is 2.20. The van der Waals surface area contributed by atoms with E-state index < -0.39 is 0 Å².